The second kappa shape index (κ2) is 9.97. The van der Waals surface area contributed by atoms with Gasteiger partial charge in [0.05, 0.1) is 17.5 Å². The fourth-order valence-electron chi connectivity index (χ4n) is 3.94. The van der Waals surface area contributed by atoms with Gasteiger partial charge in [-0.2, -0.15) is 10.2 Å². The van der Waals surface area contributed by atoms with Gasteiger partial charge in [-0.25, -0.2) is 9.48 Å². The molecule has 0 aliphatic rings. The molecule has 2 N–H and O–H groups in total. The Bertz CT molecular complexity index is 1630. The van der Waals surface area contributed by atoms with Gasteiger partial charge < -0.3 is 9.73 Å². The average Bonchev–Trinajstić information content (AvgIpc) is 3.30. The van der Waals surface area contributed by atoms with Crippen LogP contribution in [-0.2, 0) is 0 Å². The van der Waals surface area contributed by atoms with Crippen LogP contribution in [-0.4, -0.2) is 21.1 Å². The van der Waals surface area contributed by atoms with Crippen LogP contribution in [0.25, 0.3) is 27.9 Å². The van der Waals surface area contributed by atoms with Gasteiger partial charge in [0.15, 0.2) is 5.11 Å². The van der Waals surface area contributed by atoms with Crippen molar-refractivity contribution < 1.29 is 4.42 Å². The summed E-state index contributed by atoms with van der Waals surface area (Å²) < 4.78 is 7.26. The van der Waals surface area contributed by atoms with Crippen LogP contribution in [0.5, 0.6) is 0 Å². The van der Waals surface area contributed by atoms with Crippen molar-refractivity contribution in [2.75, 3.05) is 5.32 Å². The highest BCUT2D eigenvalue weighted by Crippen LogP contribution is 2.24. The highest BCUT2D eigenvalue weighted by Gasteiger charge is 2.16. The number of rotatable bonds is 5. The summed E-state index contributed by atoms with van der Waals surface area (Å²) >= 11 is 5.43. The van der Waals surface area contributed by atoms with Crippen molar-refractivity contribution in [3.63, 3.8) is 0 Å². The molecular formula is C28H23N5O2S. The van der Waals surface area contributed by atoms with Crippen molar-refractivity contribution in [3.8, 4) is 16.9 Å². The predicted molar refractivity (Wildman–Crippen MR) is 148 cm³/mol. The molecular weight excluding hydrogens is 470 g/mol. The average molecular weight is 494 g/mol. The molecule has 5 rings (SSSR count). The van der Waals surface area contributed by atoms with E-state index in [1.54, 1.807) is 23.0 Å². The number of nitrogens with zero attached hydrogens (tertiary/aromatic N) is 3. The van der Waals surface area contributed by atoms with Gasteiger partial charge >= 0.3 is 5.63 Å². The largest absolute Gasteiger partial charge is 0.422 e. The molecule has 0 saturated carbocycles. The number of anilines is 1. The normalized spacial score (nSPS) is 11.2. The number of nitrogens with one attached hydrogen (secondary N) is 2. The molecule has 7 nitrogen and oxygen atoms in total. The first-order valence-electron chi connectivity index (χ1n) is 11.3. The lowest BCUT2D eigenvalue weighted by molar-refractivity contribution is 0.563. The molecule has 0 unspecified atom stereocenters. The summed E-state index contributed by atoms with van der Waals surface area (Å²) in [6.07, 6.45) is 3.40. The molecule has 5 aromatic rings. The first-order valence-corrected chi connectivity index (χ1v) is 11.7. The maximum absolute atomic E-state index is 12.9. The van der Waals surface area contributed by atoms with E-state index in [-0.39, 0.29) is 0 Å². The summed E-state index contributed by atoms with van der Waals surface area (Å²) in [5.41, 5.74) is 8.30. The summed E-state index contributed by atoms with van der Waals surface area (Å²) in [5.74, 6) is 0. The van der Waals surface area contributed by atoms with Crippen molar-refractivity contribution in [1.82, 2.24) is 15.2 Å². The van der Waals surface area contributed by atoms with Gasteiger partial charge in [-0.05, 0) is 61.5 Å². The number of aryl methyl sites for hydroxylation is 2. The van der Waals surface area contributed by atoms with Gasteiger partial charge in [0.25, 0.3) is 0 Å². The SMILES string of the molecule is Cc1cccc(C)c1NC(=S)N/N=C\c1cn(-c2ccccc2)nc1-c1cc2ccccc2oc1=O. The third kappa shape index (κ3) is 4.80. The maximum Gasteiger partial charge on any atom is 0.345 e. The smallest absolute Gasteiger partial charge is 0.345 e. The first-order chi connectivity index (χ1) is 17.5. The Balaban J connectivity index is 1.48. The molecule has 0 bridgehead atoms. The molecule has 178 valence electrons. The number of fused-ring (bicyclic) bond motifs is 1. The molecule has 0 amide bonds. The fraction of sp³-hybridized carbons (Fsp3) is 0.0714. The Morgan fingerprint density at radius 1 is 1.00 bits per heavy atom. The van der Waals surface area contributed by atoms with Gasteiger partial charge in [-0.15, -0.1) is 0 Å². The number of para-hydroxylation sites is 3. The minimum absolute atomic E-state index is 0.348. The maximum atomic E-state index is 12.9. The van der Waals surface area contributed by atoms with E-state index in [0.717, 1.165) is 27.9 Å². The topological polar surface area (TPSA) is 84.4 Å². The number of thiocarbonyl (C=S) groups is 1. The van der Waals surface area contributed by atoms with Gasteiger partial charge in [0.1, 0.15) is 11.3 Å². The monoisotopic (exact) mass is 493 g/mol. The lowest BCUT2D eigenvalue weighted by atomic mass is 10.1. The van der Waals surface area contributed by atoms with E-state index in [2.05, 4.69) is 15.8 Å². The minimum Gasteiger partial charge on any atom is -0.422 e. The molecule has 0 fully saturated rings. The number of aromatic nitrogens is 2. The van der Waals surface area contributed by atoms with Crippen LogP contribution in [0, 0.1) is 13.8 Å². The van der Waals surface area contributed by atoms with Crippen LogP contribution in [0.4, 0.5) is 5.69 Å². The van der Waals surface area contributed by atoms with E-state index in [1.807, 2.05) is 86.8 Å². The van der Waals surface area contributed by atoms with Gasteiger partial charge in [0, 0.05) is 22.8 Å². The minimum atomic E-state index is -0.471. The van der Waals surface area contributed by atoms with Crippen LogP contribution < -0.4 is 16.4 Å². The molecule has 0 aliphatic heterocycles. The van der Waals surface area contributed by atoms with E-state index in [4.69, 9.17) is 21.7 Å². The Morgan fingerprint density at radius 3 is 2.50 bits per heavy atom. The van der Waals surface area contributed by atoms with Crippen LogP contribution in [0.1, 0.15) is 16.7 Å². The quantitative estimate of drug-likeness (QED) is 0.144. The van der Waals surface area contributed by atoms with Crippen LogP contribution in [0.3, 0.4) is 0 Å². The van der Waals surface area contributed by atoms with Crippen molar-refractivity contribution in [2.24, 2.45) is 5.10 Å². The van der Waals surface area contributed by atoms with E-state index >= 15 is 0 Å². The number of benzene rings is 3. The van der Waals surface area contributed by atoms with Gasteiger partial charge in [0.2, 0.25) is 0 Å². The molecule has 0 atom stereocenters. The number of hydrazone groups is 1. The summed E-state index contributed by atoms with van der Waals surface area (Å²) in [7, 11) is 0. The zero-order valence-electron chi connectivity index (χ0n) is 19.7. The highest BCUT2D eigenvalue weighted by atomic mass is 32.1. The third-order valence-electron chi connectivity index (χ3n) is 5.75. The Hall–Kier alpha value is -4.56. The van der Waals surface area contributed by atoms with Crippen molar-refractivity contribution >= 4 is 40.2 Å². The predicted octanol–water partition coefficient (Wildman–Crippen LogP) is 5.58. The second-order valence-corrected chi connectivity index (χ2v) is 8.70. The molecule has 0 saturated heterocycles. The molecule has 36 heavy (non-hydrogen) atoms. The molecule has 0 radical (unpaired) electrons. The third-order valence-corrected chi connectivity index (χ3v) is 5.94. The molecule has 3 aromatic carbocycles. The highest BCUT2D eigenvalue weighted by molar-refractivity contribution is 7.80. The van der Waals surface area contributed by atoms with Gasteiger partial charge in [-0.1, -0.05) is 54.6 Å². The summed E-state index contributed by atoms with van der Waals surface area (Å²) in [6, 6.07) is 24.8. The number of hydrogen-bond donors (Lipinski definition) is 2. The molecule has 8 heteroatoms. The van der Waals surface area contributed by atoms with Crippen LogP contribution in [0.2, 0.25) is 0 Å². The van der Waals surface area contributed by atoms with E-state index in [9.17, 15) is 4.79 Å². The zero-order valence-corrected chi connectivity index (χ0v) is 20.5. The van der Waals surface area contributed by atoms with Crippen LogP contribution >= 0.6 is 12.2 Å². The van der Waals surface area contributed by atoms with Crippen molar-refractivity contribution in [2.45, 2.75) is 13.8 Å². The van der Waals surface area contributed by atoms with Gasteiger partial charge in [-0.3, -0.25) is 5.43 Å². The van der Waals surface area contributed by atoms with Crippen molar-refractivity contribution in [3.05, 3.63) is 112 Å². The standard InChI is InChI=1S/C28H23N5O2S/c1-18-9-8-10-19(2)25(18)30-28(36)31-29-16-21-17-33(22-12-4-3-5-13-22)32-26(21)23-15-20-11-6-7-14-24(20)35-27(23)34/h3-17H,1-2H3,(H2,30,31,36)/b29-16-. The Labute approximate surface area is 213 Å². The molecule has 0 spiro atoms. The lowest BCUT2D eigenvalue weighted by Gasteiger charge is -2.12. The Kier molecular flexibility index (Phi) is 6.42. The molecule has 2 heterocycles. The summed E-state index contributed by atoms with van der Waals surface area (Å²) in [5, 5.41) is 13.4. The summed E-state index contributed by atoms with van der Waals surface area (Å²) in [6.45, 7) is 4.03. The second-order valence-electron chi connectivity index (χ2n) is 8.29. The van der Waals surface area contributed by atoms with Crippen LogP contribution in [0.15, 0.2) is 99.4 Å². The lowest BCUT2D eigenvalue weighted by Crippen LogP contribution is -2.24. The summed E-state index contributed by atoms with van der Waals surface area (Å²) in [4.78, 5) is 12.9. The first kappa shape index (κ1) is 23.2. The molecule has 0 aliphatic carbocycles. The molecule has 2 aromatic heterocycles. The van der Waals surface area contributed by atoms with E-state index in [0.29, 0.717) is 27.5 Å². The Morgan fingerprint density at radius 2 is 1.72 bits per heavy atom. The van der Waals surface area contributed by atoms with E-state index in [1.165, 1.54) is 0 Å². The number of hydrogen-bond acceptors (Lipinski definition) is 5. The zero-order chi connectivity index (χ0) is 25.1. The van der Waals surface area contributed by atoms with Crippen molar-refractivity contribution in [1.29, 1.82) is 0 Å². The van der Waals surface area contributed by atoms with E-state index < -0.39 is 5.63 Å². The fourth-order valence-corrected chi connectivity index (χ4v) is 4.10.